The molecule has 2 fully saturated rings. The second kappa shape index (κ2) is 12.0. The summed E-state index contributed by atoms with van der Waals surface area (Å²) in [6, 6.07) is 10.5. The molecule has 36 heavy (non-hydrogen) atoms. The Bertz CT molecular complexity index is 1170. The van der Waals surface area contributed by atoms with Crippen LogP contribution in [0.1, 0.15) is 12.8 Å². The lowest BCUT2D eigenvalue weighted by atomic mass is 10.1. The normalized spacial score (nSPS) is 16.9. The Morgan fingerprint density at radius 3 is 2.47 bits per heavy atom. The van der Waals surface area contributed by atoms with E-state index < -0.39 is 5.97 Å². The zero-order chi connectivity index (χ0) is 25.5. The lowest BCUT2D eigenvalue weighted by Crippen LogP contribution is -2.40. The number of likely N-dealkylation sites (tertiary alicyclic amines) is 1. The van der Waals surface area contributed by atoms with E-state index in [-0.39, 0.29) is 19.1 Å². The van der Waals surface area contributed by atoms with Crippen molar-refractivity contribution in [2.24, 2.45) is 0 Å². The molecule has 2 aliphatic heterocycles. The van der Waals surface area contributed by atoms with Crippen LogP contribution in [0.25, 0.3) is 22.4 Å². The topological polar surface area (TPSA) is 141 Å². The minimum atomic E-state index is -0.804. The molecule has 2 aromatic heterocycles. The van der Waals surface area contributed by atoms with Crippen LogP contribution >= 0.6 is 11.6 Å². The highest BCUT2D eigenvalue weighted by Crippen LogP contribution is 2.31. The van der Waals surface area contributed by atoms with E-state index in [0.29, 0.717) is 41.0 Å². The van der Waals surface area contributed by atoms with Crippen LogP contribution in [0.3, 0.4) is 0 Å². The van der Waals surface area contributed by atoms with Gasteiger partial charge in [-0.1, -0.05) is 23.7 Å². The molecule has 1 aromatic carbocycles. The van der Waals surface area contributed by atoms with E-state index >= 15 is 0 Å². The first kappa shape index (κ1) is 25.7. The average Bonchev–Trinajstić information content (AvgIpc) is 3.26. The molecule has 3 N–H and O–H groups in total. The minimum Gasteiger partial charge on any atom is -0.483 e. The molecule has 0 amide bonds. The number of H-pyrrole nitrogens is 1. The Kier molecular flexibility index (Phi) is 8.57. The zero-order valence-corrected chi connectivity index (χ0v) is 20.4. The van der Waals surface area contributed by atoms with E-state index in [9.17, 15) is 4.79 Å². The van der Waals surface area contributed by atoms with Crippen LogP contribution in [0, 0.1) is 0 Å². The summed E-state index contributed by atoms with van der Waals surface area (Å²) < 4.78 is 11.4. The maximum Gasteiger partial charge on any atom is 0.317 e. The number of aliphatic carboxylic acids is 1. The number of carboxylic acid groups (broad SMARTS) is 2. The van der Waals surface area contributed by atoms with Crippen molar-refractivity contribution in [3.8, 4) is 17.3 Å². The van der Waals surface area contributed by atoms with E-state index in [1.165, 1.54) is 0 Å². The second-order valence-corrected chi connectivity index (χ2v) is 8.88. The van der Waals surface area contributed by atoms with E-state index in [4.69, 9.17) is 36.1 Å². The highest BCUT2D eigenvalue weighted by atomic mass is 35.5. The number of fused-ring (bicyclic) bond motifs is 1. The molecule has 3 aromatic rings. The summed E-state index contributed by atoms with van der Waals surface area (Å²) in [6.07, 6.45) is 1.48. The number of halogens is 1. The van der Waals surface area contributed by atoms with Crippen LogP contribution in [0.4, 0.5) is 5.69 Å². The SMILES string of the molecule is O=C(O)CN1CCC(Oc2nc3nc(-c4ccc(N5CCOCC5)cc4)c(Cl)cc3[nH]2)CC1.O=CO. The van der Waals surface area contributed by atoms with Crippen molar-refractivity contribution in [1.29, 1.82) is 0 Å². The lowest BCUT2D eigenvalue weighted by Gasteiger charge is -2.30. The van der Waals surface area contributed by atoms with Gasteiger partial charge in [-0.3, -0.25) is 14.5 Å². The number of carboxylic acids is 1. The summed E-state index contributed by atoms with van der Waals surface area (Å²) >= 11 is 6.55. The maximum atomic E-state index is 10.9. The number of carbonyl (C=O) groups is 2. The van der Waals surface area contributed by atoms with Gasteiger partial charge in [0.2, 0.25) is 0 Å². The lowest BCUT2D eigenvalue weighted by molar-refractivity contribution is -0.138. The van der Waals surface area contributed by atoms with E-state index in [1.807, 2.05) is 23.1 Å². The number of imidazole rings is 1. The molecular formula is C24H28ClN5O6. The molecule has 4 heterocycles. The molecule has 0 aliphatic carbocycles. The minimum absolute atomic E-state index is 0.0155. The van der Waals surface area contributed by atoms with Gasteiger partial charge in [0.15, 0.2) is 5.65 Å². The number of nitrogens with one attached hydrogen (secondary N) is 1. The monoisotopic (exact) mass is 517 g/mol. The molecule has 5 rings (SSSR count). The van der Waals surface area contributed by atoms with E-state index in [0.717, 1.165) is 50.4 Å². The fourth-order valence-corrected chi connectivity index (χ4v) is 4.60. The van der Waals surface area contributed by atoms with Crippen LogP contribution < -0.4 is 9.64 Å². The number of morpholine rings is 1. The van der Waals surface area contributed by atoms with Crippen molar-refractivity contribution >= 4 is 40.9 Å². The summed E-state index contributed by atoms with van der Waals surface area (Å²) in [7, 11) is 0. The summed E-state index contributed by atoms with van der Waals surface area (Å²) in [6.45, 7) is 4.46. The molecule has 2 saturated heterocycles. The smallest absolute Gasteiger partial charge is 0.317 e. The highest BCUT2D eigenvalue weighted by molar-refractivity contribution is 6.33. The third-order valence-electron chi connectivity index (χ3n) is 6.09. The van der Waals surface area contributed by atoms with Gasteiger partial charge in [0, 0.05) is 37.4 Å². The van der Waals surface area contributed by atoms with Crippen LogP contribution in [-0.4, -0.2) is 94.5 Å². The summed E-state index contributed by atoms with van der Waals surface area (Å²) in [4.78, 5) is 35.8. The number of hydrogen-bond acceptors (Lipinski definition) is 8. The predicted molar refractivity (Wildman–Crippen MR) is 134 cm³/mol. The number of pyridine rings is 1. The molecule has 0 radical (unpaired) electrons. The van der Waals surface area contributed by atoms with Crippen LogP contribution in [0.15, 0.2) is 30.3 Å². The molecule has 2 aliphatic rings. The first-order chi connectivity index (χ1) is 17.5. The molecule has 0 atom stereocenters. The number of aromatic amines is 1. The number of aromatic nitrogens is 3. The van der Waals surface area contributed by atoms with Gasteiger partial charge in [0.25, 0.3) is 12.5 Å². The number of nitrogens with zero attached hydrogens (tertiary/aromatic N) is 4. The fraction of sp³-hybridized carbons (Fsp3) is 0.417. The molecule has 0 unspecified atom stereocenters. The van der Waals surface area contributed by atoms with Crippen LogP contribution in [-0.2, 0) is 14.3 Å². The number of ether oxygens (including phenoxy) is 2. The summed E-state index contributed by atoms with van der Waals surface area (Å²) in [5, 5.41) is 16.4. The molecule has 12 heteroatoms. The highest BCUT2D eigenvalue weighted by Gasteiger charge is 2.23. The molecule has 11 nitrogen and oxygen atoms in total. The van der Waals surface area contributed by atoms with Crippen molar-refractivity contribution < 1.29 is 29.3 Å². The van der Waals surface area contributed by atoms with E-state index in [1.54, 1.807) is 0 Å². The van der Waals surface area contributed by atoms with Gasteiger partial charge < -0.3 is 29.6 Å². The largest absolute Gasteiger partial charge is 0.483 e. The van der Waals surface area contributed by atoms with Gasteiger partial charge in [-0.2, -0.15) is 4.98 Å². The molecular weight excluding hydrogens is 490 g/mol. The quantitative estimate of drug-likeness (QED) is 0.418. The predicted octanol–water partition coefficient (Wildman–Crippen LogP) is 2.74. The van der Waals surface area contributed by atoms with Gasteiger partial charge in [-0.15, -0.1) is 0 Å². The third kappa shape index (κ3) is 6.42. The zero-order valence-electron chi connectivity index (χ0n) is 19.6. The van der Waals surface area contributed by atoms with Crippen molar-refractivity contribution in [3.63, 3.8) is 0 Å². The Morgan fingerprint density at radius 1 is 1.17 bits per heavy atom. The van der Waals surface area contributed by atoms with E-state index in [2.05, 4.69) is 32.0 Å². The Hall–Kier alpha value is -3.41. The van der Waals surface area contributed by atoms with Gasteiger partial charge >= 0.3 is 5.97 Å². The van der Waals surface area contributed by atoms with Crippen molar-refractivity contribution in [3.05, 3.63) is 35.4 Å². The Labute approximate surface area is 212 Å². The van der Waals surface area contributed by atoms with Crippen molar-refractivity contribution in [2.75, 3.05) is 50.8 Å². The number of hydrogen-bond donors (Lipinski definition) is 3. The summed E-state index contributed by atoms with van der Waals surface area (Å²) in [5.74, 6) is -0.804. The average molecular weight is 518 g/mol. The van der Waals surface area contributed by atoms with Crippen molar-refractivity contribution in [2.45, 2.75) is 18.9 Å². The maximum absolute atomic E-state index is 10.9. The summed E-state index contributed by atoms with van der Waals surface area (Å²) in [5.41, 5.74) is 4.02. The van der Waals surface area contributed by atoms with Gasteiger partial charge in [0.05, 0.1) is 36.0 Å². The first-order valence-electron chi connectivity index (χ1n) is 11.6. The van der Waals surface area contributed by atoms with Gasteiger partial charge in [0.1, 0.15) is 6.10 Å². The van der Waals surface area contributed by atoms with Gasteiger partial charge in [-0.25, -0.2) is 4.98 Å². The molecule has 0 bridgehead atoms. The number of rotatable bonds is 6. The molecule has 0 saturated carbocycles. The molecule has 192 valence electrons. The fourth-order valence-electron chi connectivity index (χ4n) is 4.34. The van der Waals surface area contributed by atoms with Crippen molar-refractivity contribution in [1.82, 2.24) is 19.9 Å². The van der Waals surface area contributed by atoms with Gasteiger partial charge in [-0.05, 0) is 31.0 Å². The Morgan fingerprint density at radius 2 is 1.83 bits per heavy atom. The number of piperidine rings is 1. The Balaban J connectivity index is 0.000000967. The molecule has 0 spiro atoms. The third-order valence-corrected chi connectivity index (χ3v) is 6.38. The van der Waals surface area contributed by atoms with Crippen LogP contribution in [0.2, 0.25) is 5.02 Å². The number of benzene rings is 1. The van der Waals surface area contributed by atoms with Crippen LogP contribution in [0.5, 0.6) is 6.01 Å². The first-order valence-corrected chi connectivity index (χ1v) is 12.0. The number of anilines is 1. The second-order valence-electron chi connectivity index (χ2n) is 8.47. The standard InChI is InChI=1S/C23H26ClN5O4.CH2O2/c24-18-13-19-22(27-23(25-19)33-17-5-7-28(8-6-17)14-20(30)31)26-21(18)15-1-3-16(4-2-15)29-9-11-32-12-10-29;2-1-3/h1-4,13,17H,5-12,14H2,(H,30,31)(H,25,26,27);1H,(H,2,3).